The molecule has 0 atom stereocenters. The van der Waals surface area contributed by atoms with Crippen molar-refractivity contribution in [3.05, 3.63) is 11.1 Å². The summed E-state index contributed by atoms with van der Waals surface area (Å²) in [5, 5.41) is 33.9. The molecular weight excluding hydrogens is 212 g/mol. The average Bonchev–Trinajstić information content (AvgIpc) is 2.77. The SMILES string of the molecule is N=c1c(N2CCCC2)c(N)n(O)c(=N)n1O. The smallest absolute Gasteiger partial charge is 0.273 e. The van der Waals surface area contributed by atoms with Crippen LogP contribution in [-0.2, 0) is 0 Å². The second-order valence-electron chi connectivity index (χ2n) is 3.72. The van der Waals surface area contributed by atoms with E-state index in [-0.39, 0.29) is 17.0 Å². The van der Waals surface area contributed by atoms with Gasteiger partial charge in [-0.3, -0.25) is 10.8 Å². The Bertz CT molecular complexity index is 525. The third kappa shape index (κ3) is 1.30. The molecule has 0 spiro atoms. The van der Waals surface area contributed by atoms with Crippen LogP contribution >= 0.6 is 0 Å². The van der Waals surface area contributed by atoms with Gasteiger partial charge < -0.3 is 21.0 Å². The van der Waals surface area contributed by atoms with E-state index in [9.17, 15) is 10.4 Å². The fraction of sp³-hybridized carbons (Fsp3) is 0.500. The topological polar surface area (TPSA) is 127 Å². The molecular formula is C8H14N6O2. The van der Waals surface area contributed by atoms with Gasteiger partial charge in [-0.05, 0) is 12.8 Å². The lowest BCUT2D eigenvalue weighted by atomic mass is 10.4. The summed E-state index contributed by atoms with van der Waals surface area (Å²) in [6.45, 7) is 1.46. The Labute approximate surface area is 90.7 Å². The quantitative estimate of drug-likeness (QED) is 0.390. The summed E-state index contributed by atoms with van der Waals surface area (Å²) in [5.74, 6) is -0.0952. The van der Waals surface area contributed by atoms with Crippen LogP contribution in [0.2, 0.25) is 0 Å². The van der Waals surface area contributed by atoms with Crippen molar-refractivity contribution in [2.45, 2.75) is 12.8 Å². The zero-order valence-electron chi connectivity index (χ0n) is 8.64. The molecule has 0 saturated carbocycles. The minimum Gasteiger partial charge on any atom is -0.423 e. The minimum atomic E-state index is -0.648. The van der Waals surface area contributed by atoms with Gasteiger partial charge >= 0.3 is 0 Å². The van der Waals surface area contributed by atoms with E-state index in [0.717, 1.165) is 25.9 Å². The van der Waals surface area contributed by atoms with Gasteiger partial charge in [-0.2, -0.15) is 0 Å². The van der Waals surface area contributed by atoms with Crippen molar-refractivity contribution in [3.63, 3.8) is 0 Å². The molecule has 2 rings (SSSR count). The first-order valence-electron chi connectivity index (χ1n) is 4.94. The third-order valence-corrected chi connectivity index (χ3v) is 2.73. The summed E-state index contributed by atoms with van der Waals surface area (Å²) in [5.41, 5.74) is 4.97. The van der Waals surface area contributed by atoms with Crippen LogP contribution in [0.15, 0.2) is 0 Å². The highest BCUT2D eigenvalue weighted by molar-refractivity contribution is 5.61. The summed E-state index contributed by atoms with van der Waals surface area (Å²) < 4.78 is 0.662. The van der Waals surface area contributed by atoms with E-state index >= 15 is 0 Å². The molecule has 0 aliphatic carbocycles. The Balaban J connectivity index is 2.69. The Kier molecular flexibility index (Phi) is 2.26. The van der Waals surface area contributed by atoms with Crippen molar-refractivity contribution in [2.24, 2.45) is 0 Å². The molecule has 0 aromatic carbocycles. The van der Waals surface area contributed by atoms with Crippen molar-refractivity contribution in [1.82, 2.24) is 9.46 Å². The summed E-state index contributed by atoms with van der Waals surface area (Å²) in [4.78, 5) is 1.82. The number of hydrogen-bond donors (Lipinski definition) is 5. The van der Waals surface area contributed by atoms with Gasteiger partial charge in [0.15, 0.2) is 11.3 Å². The molecule has 0 bridgehead atoms. The summed E-state index contributed by atoms with van der Waals surface area (Å²) >= 11 is 0. The molecule has 0 radical (unpaired) electrons. The maximum absolute atomic E-state index is 9.47. The van der Waals surface area contributed by atoms with E-state index < -0.39 is 5.62 Å². The molecule has 1 aromatic heterocycles. The van der Waals surface area contributed by atoms with E-state index in [1.165, 1.54) is 0 Å². The lowest BCUT2D eigenvalue weighted by Crippen LogP contribution is -2.43. The van der Waals surface area contributed by atoms with E-state index in [0.29, 0.717) is 9.46 Å². The van der Waals surface area contributed by atoms with Crippen LogP contribution in [0, 0.1) is 10.8 Å². The first-order chi connectivity index (χ1) is 7.54. The molecule has 0 amide bonds. The maximum Gasteiger partial charge on any atom is 0.273 e. The third-order valence-electron chi connectivity index (χ3n) is 2.73. The first kappa shape index (κ1) is 10.4. The molecule has 2 heterocycles. The molecule has 8 nitrogen and oxygen atoms in total. The van der Waals surface area contributed by atoms with Crippen LogP contribution in [0.25, 0.3) is 0 Å². The number of hydrogen-bond acceptors (Lipinski definition) is 6. The van der Waals surface area contributed by atoms with Gasteiger partial charge in [0.05, 0.1) is 0 Å². The van der Waals surface area contributed by atoms with Gasteiger partial charge in [0, 0.05) is 13.1 Å². The van der Waals surface area contributed by atoms with Gasteiger partial charge in [-0.25, -0.2) is 0 Å². The highest BCUT2D eigenvalue weighted by atomic mass is 16.5. The van der Waals surface area contributed by atoms with Crippen LogP contribution in [-0.4, -0.2) is 33.0 Å². The molecule has 1 saturated heterocycles. The lowest BCUT2D eigenvalue weighted by molar-refractivity contribution is 0.0962. The Hall–Kier alpha value is -2.12. The van der Waals surface area contributed by atoms with E-state index in [2.05, 4.69) is 0 Å². The normalized spacial score (nSPS) is 15.6. The Morgan fingerprint density at radius 1 is 1.06 bits per heavy atom. The molecule has 8 heteroatoms. The van der Waals surface area contributed by atoms with E-state index in [1.54, 1.807) is 0 Å². The van der Waals surface area contributed by atoms with Gasteiger partial charge in [-0.15, -0.1) is 9.46 Å². The van der Waals surface area contributed by atoms with Crippen LogP contribution in [0.5, 0.6) is 0 Å². The zero-order valence-corrected chi connectivity index (χ0v) is 8.64. The van der Waals surface area contributed by atoms with Crippen LogP contribution in [0.1, 0.15) is 12.8 Å². The van der Waals surface area contributed by atoms with Crippen molar-refractivity contribution in [3.8, 4) is 0 Å². The second kappa shape index (κ2) is 3.47. The summed E-state index contributed by atoms with van der Waals surface area (Å²) in [7, 11) is 0. The summed E-state index contributed by atoms with van der Waals surface area (Å²) in [6, 6.07) is 0. The number of nitrogens with zero attached hydrogens (tertiary/aromatic N) is 3. The number of nitrogen functional groups attached to an aromatic ring is 1. The molecule has 1 aliphatic heterocycles. The number of aromatic nitrogens is 2. The predicted molar refractivity (Wildman–Crippen MR) is 54.4 cm³/mol. The van der Waals surface area contributed by atoms with Crippen molar-refractivity contribution < 1.29 is 10.4 Å². The molecule has 88 valence electrons. The van der Waals surface area contributed by atoms with E-state index in [4.69, 9.17) is 16.6 Å². The fourth-order valence-corrected chi connectivity index (χ4v) is 1.88. The zero-order chi connectivity index (χ0) is 11.9. The summed E-state index contributed by atoms with van der Waals surface area (Å²) in [6.07, 6.45) is 1.97. The van der Waals surface area contributed by atoms with Gasteiger partial charge in [0.25, 0.3) is 5.62 Å². The second-order valence-corrected chi connectivity index (χ2v) is 3.72. The Morgan fingerprint density at radius 2 is 1.62 bits per heavy atom. The molecule has 16 heavy (non-hydrogen) atoms. The first-order valence-corrected chi connectivity index (χ1v) is 4.94. The highest BCUT2D eigenvalue weighted by Gasteiger charge is 2.21. The Morgan fingerprint density at radius 3 is 2.19 bits per heavy atom. The largest absolute Gasteiger partial charge is 0.423 e. The molecule has 1 fully saturated rings. The van der Waals surface area contributed by atoms with Crippen LogP contribution in [0.3, 0.4) is 0 Å². The standard InChI is InChI=1S/C8H14N6O2/c9-6-5(12-3-1-2-4-12)7(10)14(16)8(11)13(6)15/h9,11,15-16H,1-4,10H2. The van der Waals surface area contributed by atoms with Crippen molar-refractivity contribution in [2.75, 3.05) is 23.7 Å². The number of nitrogens with two attached hydrogens (primary N) is 1. The predicted octanol–water partition coefficient (Wildman–Crippen LogP) is -1.09. The van der Waals surface area contributed by atoms with E-state index in [1.807, 2.05) is 4.90 Å². The van der Waals surface area contributed by atoms with Crippen LogP contribution in [0.4, 0.5) is 11.5 Å². The monoisotopic (exact) mass is 226 g/mol. The van der Waals surface area contributed by atoms with Gasteiger partial charge in [-0.1, -0.05) is 0 Å². The lowest BCUT2D eigenvalue weighted by Gasteiger charge is -2.21. The molecule has 0 unspecified atom stereocenters. The van der Waals surface area contributed by atoms with Gasteiger partial charge in [0.1, 0.15) is 5.69 Å². The van der Waals surface area contributed by atoms with Crippen LogP contribution < -0.4 is 21.7 Å². The average molecular weight is 226 g/mol. The molecule has 6 N–H and O–H groups in total. The molecule has 1 aliphatic rings. The van der Waals surface area contributed by atoms with Gasteiger partial charge in [0.2, 0.25) is 0 Å². The minimum absolute atomic E-state index is 0.0952. The number of nitrogens with one attached hydrogen (secondary N) is 2. The highest BCUT2D eigenvalue weighted by Crippen LogP contribution is 2.20. The molecule has 1 aromatic rings. The number of rotatable bonds is 1. The van der Waals surface area contributed by atoms with Crippen molar-refractivity contribution in [1.29, 1.82) is 10.8 Å². The maximum atomic E-state index is 9.47. The number of anilines is 2. The van der Waals surface area contributed by atoms with Crippen molar-refractivity contribution >= 4 is 11.5 Å². The fourth-order valence-electron chi connectivity index (χ4n) is 1.88.